The third-order valence-electron chi connectivity index (χ3n) is 2.74. The minimum atomic E-state index is -0.329. The first-order valence-corrected chi connectivity index (χ1v) is 7.59. The van der Waals surface area contributed by atoms with E-state index in [1.165, 1.54) is 12.1 Å². The summed E-state index contributed by atoms with van der Waals surface area (Å²) in [4.78, 5) is 12.3. The Bertz CT molecular complexity index is 642. The number of benzene rings is 1. The summed E-state index contributed by atoms with van der Waals surface area (Å²) < 4.78 is 15.5. The standard InChI is InChI=1S/C14H13ClFIN2O/c1-2-5-19-8-9(15)6-13(19)14(20)18-12-4-3-10(16)7-11(12)17/h3-4,6-8H,2,5H2,1H3,(H,18,20). The molecule has 1 aromatic carbocycles. The van der Waals surface area contributed by atoms with Crippen molar-refractivity contribution >= 4 is 45.8 Å². The van der Waals surface area contributed by atoms with E-state index in [1.54, 1.807) is 18.3 Å². The first kappa shape index (κ1) is 15.3. The average Bonchev–Trinajstić information content (AvgIpc) is 2.74. The zero-order chi connectivity index (χ0) is 14.7. The van der Waals surface area contributed by atoms with Gasteiger partial charge in [0.25, 0.3) is 5.91 Å². The molecule has 0 fully saturated rings. The molecular formula is C14H13ClFIN2O. The first-order valence-electron chi connectivity index (χ1n) is 6.13. The number of aromatic nitrogens is 1. The summed E-state index contributed by atoms with van der Waals surface area (Å²) in [5.41, 5.74) is 1.08. The number of carbonyl (C=O) groups is 1. The maximum atomic E-state index is 13.0. The molecule has 1 N–H and O–H groups in total. The second-order valence-electron chi connectivity index (χ2n) is 4.32. The minimum absolute atomic E-state index is 0.255. The Morgan fingerprint density at radius 3 is 2.85 bits per heavy atom. The van der Waals surface area contributed by atoms with Crippen molar-refractivity contribution in [1.82, 2.24) is 4.57 Å². The SMILES string of the molecule is CCCn1cc(Cl)cc1C(=O)Nc1ccc(F)cc1I. The highest BCUT2D eigenvalue weighted by Gasteiger charge is 2.14. The molecule has 0 spiro atoms. The van der Waals surface area contributed by atoms with Gasteiger partial charge in [0.2, 0.25) is 0 Å². The Morgan fingerprint density at radius 2 is 2.20 bits per heavy atom. The molecule has 0 saturated carbocycles. The van der Waals surface area contributed by atoms with Crippen molar-refractivity contribution in [3.8, 4) is 0 Å². The molecular weight excluding hydrogens is 394 g/mol. The van der Waals surface area contributed by atoms with Crippen molar-refractivity contribution in [3.05, 3.63) is 50.6 Å². The van der Waals surface area contributed by atoms with Crippen LogP contribution in [0.4, 0.5) is 10.1 Å². The van der Waals surface area contributed by atoms with Crippen LogP contribution in [0.2, 0.25) is 5.02 Å². The second kappa shape index (κ2) is 6.58. The maximum absolute atomic E-state index is 13.0. The summed E-state index contributed by atoms with van der Waals surface area (Å²) in [6.07, 6.45) is 2.63. The van der Waals surface area contributed by atoms with Gasteiger partial charge in [0.1, 0.15) is 11.5 Å². The number of hydrogen-bond donors (Lipinski definition) is 1. The number of anilines is 1. The van der Waals surface area contributed by atoms with Gasteiger partial charge < -0.3 is 9.88 Å². The van der Waals surface area contributed by atoms with E-state index in [0.29, 0.717) is 20.0 Å². The van der Waals surface area contributed by atoms with E-state index in [0.717, 1.165) is 13.0 Å². The molecule has 0 radical (unpaired) electrons. The van der Waals surface area contributed by atoms with Gasteiger partial charge in [0.05, 0.1) is 10.7 Å². The van der Waals surface area contributed by atoms with E-state index < -0.39 is 0 Å². The lowest BCUT2D eigenvalue weighted by Crippen LogP contribution is -2.17. The zero-order valence-corrected chi connectivity index (χ0v) is 13.7. The molecule has 1 amide bonds. The largest absolute Gasteiger partial charge is 0.342 e. The topological polar surface area (TPSA) is 34.0 Å². The van der Waals surface area contributed by atoms with Gasteiger partial charge in [-0.25, -0.2) is 4.39 Å². The van der Waals surface area contributed by atoms with Crippen molar-refractivity contribution in [3.63, 3.8) is 0 Å². The Hall–Kier alpha value is -1.08. The quantitative estimate of drug-likeness (QED) is 0.743. The summed E-state index contributed by atoms with van der Waals surface area (Å²) in [5.74, 6) is -0.584. The lowest BCUT2D eigenvalue weighted by molar-refractivity contribution is 0.101. The number of rotatable bonds is 4. The normalized spacial score (nSPS) is 10.6. The van der Waals surface area contributed by atoms with Gasteiger partial charge in [-0.1, -0.05) is 18.5 Å². The molecule has 20 heavy (non-hydrogen) atoms. The predicted octanol–water partition coefficient (Wildman–Crippen LogP) is 4.55. The van der Waals surface area contributed by atoms with Gasteiger partial charge in [-0.2, -0.15) is 0 Å². The summed E-state index contributed by atoms with van der Waals surface area (Å²) in [6, 6.07) is 5.86. The van der Waals surface area contributed by atoms with Gasteiger partial charge in [0, 0.05) is 16.3 Å². The molecule has 0 atom stereocenters. The summed E-state index contributed by atoms with van der Waals surface area (Å²) in [5, 5.41) is 3.30. The Balaban J connectivity index is 2.23. The lowest BCUT2D eigenvalue weighted by atomic mass is 10.3. The van der Waals surface area contributed by atoms with Gasteiger partial charge >= 0.3 is 0 Å². The molecule has 0 aliphatic carbocycles. The van der Waals surface area contributed by atoms with Crippen molar-refractivity contribution in [1.29, 1.82) is 0 Å². The number of amides is 1. The van der Waals surface area contributed by atoms with Gasteiger partial charge in [-0.05, 0) is 53.3 Å². The van der Waals surface area contributed by atoms with Crippen LogP contribution in [0.3, 0.4) is 0 Å². The van der Waals surface area contributed by atoms with Gasteiger partial charge in [-0.15, -0.1) is 0 Å². The van der Waals surface area contributed by atoms with Gasteiger partial charge in [0.15, 0.2) is 0 Å². The molecule has 6 heteroatoms. The summed E-state index contributed by atoms with van der Waals surface area (Å²) in [7, 11) is 0. The van der Waals surface area contributed by atoms with Crippen molar-refractivity contribution in [2.75, 3.05) is 5.32 Å². The summed E-state index contributed by atoms with van der Waals surface area (Å²) in [6.45, 7) is 2.74. The van der Waals surface area contributed by atoms with E-state index in [4.69, 9.17) is 11.6 Å². The molecule has 0 bridgehead atoms. The van der Waals surface area contributed by atoms with E-state index in [-0.39, 0.29) is 11.7 Å². The molecule has 0 saturated heterocycles. The molecule has 0 aliphatic heterocycles. The molecule has 2 rings (SSSR count). The van der Waals surface area contributed by atoms with Crippen LogP contribution in [0.1, 0.15) is 23.8 Å². The third kappa shape index (κ3) is 3.52. The number of nitrogens with zero attached hydrogens (tertiary/aromatic N) is 1. The smallest absolute Gasteiger partial charge is 0.272 e. The van der Waals surface area contributed by atoms with Crippen LogP contribution in [-0.4, -0.2) is 10.5 Å². The molecule has 106 valence electrons. The fourth-order valence-electron chi connectivity index (χ4n) is 1.87. The molecule has 0 unspecified atom stereocenters. The maximum Gasteiger partial charge on any atom is 0.272 e. The molecule has 1 aromatic heterocycles. The highest BCUT2D eigenvalue weighted by molar-refractivity contribution is 14.1. The lowest BCUT2D eigenvalue weighted by Gasteiger charge is -2.10. The first-order chi connectivity index (χ1) is 9.51. The molecule has 0 aliphatic rings. The zero-order valence-electron chi connectivity index (χ0n) is 10.8. The molecule has 1 heterocycles. The van der Waals surface area contributed by atoms with Crippen molar-refractivity contribution in [2.45, 2.75) is 19.9 Å². The fraction of sp³-hybridized carbons (Fsp3) is 0.214. The third-order valence-corrected chi connectivity index (χ3v) is 3.84. The van der Waals surface area contributed by atoms with Gasteiger partial charge in [-0.3, -0.25) is 4.79 Å². The second-order valence-corrected chi connectivity index (χ2v) is 5.91. The van der Waals surface area contributed by atoms with E-state index in [2.05, 4.69) is 5.32 Å². The minimum Gasteiger partial charge on any atom is -0.342 e. The van der Waals surface area contributed by atoms with Crippen LogP contribution >= 0.6 is 34.2 Å². The highest BCUT2D eigenvalue weighted by atomic mass is 127. The van der Waals surface area contributed by atoms with Crippen molar-refractivity contribution < 1.29 is 9.18 Å². The van der Waals surface area contributed by atoms with Crippen molar-refractivity contribution in [2.24, 2.45) is 0 Å². The molecule has 2 aromatic rings. The number of carbonyl (C=O) groups excluding carboxylic acids is 1. The van der Waals surface area contributed by atoms with Crippen LogP contribution < -0.4 is 5.32 Å². The van der Waals surface area contributed by atoms with Crippen LogP contribution in [0, 0.1) is 9.39 Å². The van der Waals surface area contributed by atoms with Crippen LogP contribution in [0.25, 0.3) is 0 Å². The predicted molar refractivity (Wildman–Crippen MR) is 86.8 cm³/mol. The number of aryl methyl sites for hydroxylation is 1. The monoisotopic (exact) mass is 406 g/mol. The van der Waals surface area contributed by atoms with Crippen LogP contribution in [0.15, 0.2) is 30.5 Å². The van der Waals surface area contributed by atoms with Crippen LogP contribution in [0.5, 0.6) is 0 Å². The number of hydrogen-bond acceptors (Lipinski definition) is 1. The Labute approximate surface area is 135 Å². The number of nitrogens with one attached hydrogen (secondary N) is 1. The van der Waals surface area contributed by atoms with Crippen LogP contribution in [-0.2, 0) is 6.54 Å². The van der Waals surface area contributed by atoms with E-state index in [1.807, 2.05) is 34.1 Å². The average molecular weight is 407 g/mol. The number of halogens is 3. The highest BCUT2D eigenvalue weighted by Crippen LogP contribution is 2.21. The van der Waals surface area contributed by atoms with E-state index >= 15 is 0 Å². The molecule has 3 nitrogen and oxygen atoms in total. The Kier molecular flexibility index (Phi) is 5.04. The summed E-state index contributed by atoms with van der Waals surface area (Å²) >= 11 is 7.93. The fourth-order valence-corrected chi connectivity index (χ4v) is 2.70. The van der Waals surface area contributed by atoms with E-state index in [9.17, 15) is 9.18 Å². The Morgan fingerprint density at radius 1 is 1.45 bits per heavy atom.